The van der Waals surface area contributed by atoms with Gasteiger partial charge in [-0.1, -0.05) is 35.9 Å². The lowest BCUT2D eigenvalue weighted by atomic mass is 10.1. The van der Waals surface area contributed by atoms with Crippen LogP contribution >= 0.6 is 11.6 Å². The van der Waals surface area contributed by atoms with Crippen molar-refractivity contribution in [1.82, 2.24) is 4.72 Å². The summed E-state index contributed by atoms with van der Waals surface area (Å²) in [6.45, 7) is 1.34. The summed E-state index contributed by atoms with van der Waals surface area (Å²) in [5.41, 5.74) is 1.15. The minimum Gasteiger partial charge on any atom is -0.295 e. The van der Waals surface area contributed by atoms with Gasteiger partial charge in [0.05, 0.1) is 4.90 Å². The molecule has 2 rings (SSSR count). The zero-order valence-corrected chi connectivity index (χ0v) is 14.5. The van der Waals surface area contributed by atoms with Gasteiger partial charge in [0, 0.05) is 17.0 Å². The van der Waals surface area contributed by atoms with Gasteiger partial charge < -0.3 is 0 Å². The molecule has 0 heterocycles. The van der Waals surface area contributed by atoms with Crippen molar-refractivity contribution >= 4 is 33.3 Å². The molecule has 126 valence electrons. The van der Waals surface area contributed by atoms with Crippen molar-refractivity contribution < 1.29 is 18.0 Å². The lowest BCUT2D eigenvalue weighted by Crippen LogP contribution is -2.30. The third-order valence-electron chi connectivity index (χ3n) is 3.35. The van der Waals surface area contributed by atoms with Crippen LogP contribution in [0.5, 0.6) is 0 Å². The highest BCUT2D eigenvalue weighted by molar-refractivity contribution is 7.90. The molecule has 0 fully saturated rings. The first kappa shape index (κ1) is 18.2. The maximum atomic E-state index is 12.2. The molecule has 0 aromatic heterocycles. The second-order valence-electron chi connectivity index (χ2n) is 5.24. The molecular formula is C17H16ClNO4S. The highest BCUT2D eigenvalue weighted by Gasteiger charge is 2.18. The Balaban J connectivity index is 2.03. The van der Waals surface area contributed by atoms with E-state index in [-0.39, 0.29) is 22.7 Å². The van der Waals surface area contributed by atoms with Crippen LogP contribution in [0.1, 0.15) is 29.3 Å². The number of halogens is 1. The number of carbonyl (C=O) groups is 2. The van der Waals surface area contributed by atoms with Gasteiger partial charge in [0.25, 0.3) is 10.0 Å². The minimum atomic E-state index is -4.00. The van der Waals surface area contributed by atoms with Crippen LogP contribution < -0.4 is 4.72 Å². The highest BCUT2D eigenvalue weighted by atomic mass is 35.5. The summed E-state index contributed by atoms with van der Waals surface area (Å²) < 4.78 is 26.4. The smallest absolute Gasteiger partial charge is 0.264 e. The molecule has 0 atom stereocenters. The van der Waals surface area contributed by atoms with Crippen molar-refractivity contribution in [2.45, 2.75) is 24.7 Å². The van der Waals surface area contributed by atoms with Gasteiger partial charge in [0.15, 0.2) is 5.78 Å². The summed E-state index contributed by atoms with van der Waals surface area (Å²) >= 11 is 5.78. The van der Waals surface area contributed by atoms with Crippen molar-refractivity contribution in [3.63, 3.8) is 0 Å². The molecule has 0 bridgehead atoms. The van der Waals surface area contributed by atoms with Gasteiger partial charge in [0.2, 0.25) is 5.91 Å². The zero-order chi connectivity index (χ0) is 17.7. The van der Waals surface area contributed by atoms with Crippen molar-refractivity contribution in [3.8, 4) is 0 Å². The fourth-order valence-corrected chi connectivity index (χ4v) is 3.24. The Bertz CT molecular complexity index is 860. The van der Waals surface area contributed by atoms with E-state index in [1.54, 1.807) is 24.3 Å². The van der Waals surface area contributed by atoms with Crippen LogP contribution in [0, 0.1) is 0 Å². The van der Waals surface area contributed by atoms with Gasteiger partial charge in [-0.3, -0.25) is 9.59 Å². The molecule has 2 aromatic rings. The molecular weight excluding hydrogens is 350 g/mol. The number of rotatable bonds is 6. The van der Waals surface area contributed by atoms with Crippen molar-refractivity contribution in [3.05, 3.63) is 64.7 Å². The number of hydrogen-bond donors (Lipinski definition) is 1. The molecule has 0 saturated carbocycles. The Labute approximate surface area is 145 Å². The van der Waals surface area contributed by atoms with E-state index < -0.39 is 15.9 Å². The van der Waals surface area contributed by atoms with Crippen LogP contribution in [-0.2, 0) is 21.2 Å². The molecule has 0 radical (unpaired) electrons. The number of Topliss-reactive ketones (excluding diaryl/α,β-unsaturated/α-hetero) is 1. The normalized spacial score (nSPS) is 11.1. The number of nitrogens with one attached hydrogen (secondary N) is 1. The van der Waals surface area contributed by atoms with Crippen molar-refractivity contribution in [2.75, 3.05) is 0 Å². The minimum absolute atomic E-state index is 0.0211. The molecule has 0 aliphatic heterocycles. The van der Waals surface area contributed by atoms with Gasteiger partial charge in [-0.05, 0) is 43.2 Å². The molecule has 1 N–H and O–H groups in total. The Morgan fingerprint density at radius 3 is 2.38 bits per heavy atom. The number of benzene rings is 2. The van der Waals surface area contributed by atoms with Crippen LogP contribution in [0.2, 0.25) is 5.02 Å². The van der Waals surface area contributed by atoms with E-state index >= 15 is 0 Å². The van der Waals surface area contributed by atoms with E-state index in [1.165, 1.54) is 31.2 Å². The topological polar surface area (TPSA) is 80.3 Å². The average molecular weight is 366 g/mol. The monoisotopic (exact) mass is 365 g/mol. The molecule has 0 aliphatic carbocycles. The Hall–Kier alpha value is -2.18. The average Bonchev–Trinajstić information content (AvgIpc) is 2.54. The van der Waals surface area contributed by atoms with E-state index in [2.05, 4.69) is 0 Å². The summed E-state index contributed by atoms with van der Waals surface area (Å²) in [4.78, 5) is 23.1. The summed E-state index contributed by atoms with van der Waals surface area (Å²) in [6.07, 6.45) is 0.416. The maximum absolute atomic E-state index is 12.2. The first-order chi connectivity index (χ1) is 11.3. The fourth-order valence-electron chi connectivity index (χ4n) is 2.05. The number of sulfonamides is 1. The second-order valence-corrected chi connectivity index (χ2v) is 7.36. The quantitative estimate of drug-likeness (QED) is 0.798. The van der Waals surface area contributed by atoms with Crippen LogP contribution in [0.3, 0.4) is 0 Å². The summed E-state index contributed by atoms with van der Waals surface area (Å²) in [6, 6.07) is 12.5. The van der Waals surface area contributed by atoms with Crippen LogP contribution in [0.15, 0.2) is 53.4 Å². The predicted molar refractivity (Wildman–Crippen MR) is 91.5 cm³/mol. The predicted octanol–water partition coefficient (Wildman–Crippen LogP) is 2.98. The fraction of sp³-hybridized carbons (Fsp3) is 0.176. The molecule has 0 unspecified atom stereocenters. The highest BCUT2D eigenvalue weighted by Crippen LogP contribution is 2.13. The Morgan fingerprint density at radius 1 is 1.08 bits per heavy atom. The van der Waals surface area contributed by atoms with E-state index in [0.29, 0.717) is 11.4 Å². The third kappa shape index (κ3) is 4.91. The van der Waals surface area contributed by atoms with Crippen LogP contribution in [-0.4, -0.2) is 20.1 Å². The molecule has 2 aromatic carbocycles. The number of hydrogen-bond acceptors (Lipinski definition) is 4. The lowest BCUT2D eigenvalue weighted by Gasteiger charge is -2.08. The van der Waals surface area contributed by atoms with E-state index in [0.717, 1.165) is 5.56 Å². The zero-order valence-electron chi connectivity index (χ0n) is 13.0. The van der Waals surface area contributed by atoms with Gasteiger partial charge in [-0.2, -0.15) is 0 Å². The molecule has 0 aliphatic rings. The SMILES string of the molecule is CC(=O)c1cccc(S(=O)(=O)NC(=O)CCc2ccc(Cl)cc2)c1. The first-order valence-electron chi connectivity index (χ1n) is 7.19. The number of ketones is 1. The van der Waals surface area contributed by atoms with Gasteiger partial charge >= 0.3 is 0 Å². The van der Waals surface area contributed by atoms with E-state index in [9.17, 15) is 18.0 Å². The summed E-state index contributed by atoms with van der Waals surface area (Å²) in [5.74, 6) is -0.862. The van der Waals surface area contributed by atoms with Gasteiger partial charge in [0.1, 0.15) is 0 Å². The maximum Gasteiger partial charge on any atom is 0.264 e. The van der Waals surface area contributed by atoms with Crippen molar-refractivity contribution in [1.29, 1.82) is 0 Å². The number of aryl methyl sites for hydroxylation is 1. The first-order valence-corrected chi connectivity index (χ1v) is 9.05. The summed E-state index contributed by atoms with van der Waals surface area (Å²) in [7, 11) is -4.00. The van der Waals surface area contributed by atoms with Gasteiger partial charge in [-0.25, -0.2) is 13.1 Å². The van der Waals surface area contributed by atoms with Crippen molar-refractivity contribution in [2.24, 2.45) is 0 Å². The molecule has 5 nitrogen and oxygen atoms in total. The van der Waals surface area contributed by atoms with Gasteiger partial charge in [-0.15, -0.1) is 0 Å². The largest absolute Gasteiger partial charge is 0.295 e. The lowest BCUT2D eigenvalue weighted by molar-refractivity contribution is -0.119. The number of carbonyl (C=O) groups excluding carboxylic acids is 2. The number of amides is 1. The summed E-state index contributed by atoms with van der Waals surface area (Å²) in [5, 5.41) is 0.594. The standard InChI is InChI=1S/C17H16ClNO4S/c1-12(20)14-3-2-4-16(11-14)24(22,23)19-17(21)10-7-13-5-8-15(18)9-6-13/h2-6,8-9,11H,7,10H2,1H3,(H,19,21). The molecule has 0 spiro atoms. The second kappa shape index (κ2) is 7.59. The van der Waals surface area contributed by atoms with Crippen LogP contribution in [0.4, 0.5) is 0 Å². The molecule has 24 heavy (non-hydrogen) atoms. The third-order valence-corrected chi connectivity index (χ3v) is 4.98. The van der Waals surface area contributed by atoms with Crippen LogP contribution in [0.25, 0.3) is 0 Å². The Kier molecular flexibility index (Phi) is 5.75. The molecule has 7 heteroatoms. The van der Waals surface area contributed by atoms with E-state index in [1.807, 2.05) is 4.72 Å². The molecule has 1 amide bonds. The Morgan fingerprint density at radius 2 is 1.75 bits per heavy atom. The van der Waals surface area contributed by atoms with E-state index in [4.69, 9.17) is 11.6 Å². The molecule has 0 saturated heterocycles.